The van der Waals surface area contributed by atoms with Gasteiger partial charge >= 0.3 is 5.24 Å². The Hall–Kier alpha value is -4.91. The van der Waals surface area contributed by atoms with Crippen molar-refractivity contribution < 1.29 is 14.4 Å². The van der Waals surface area contributed by atoms with Gasteiger partial charge in [0.1, 0.15) is 0 Å². The summed E-state index contributed by atoms with van der Waals surface area (Å²) in [4.78, 5) is 31.8. The van der Waals surface area contributed by atoms with E-state index in [9.17, 15) is 9.59 Å². The average molecular weight is 609 g/mol. The predicted molar refractivity (Wildman–Crippen MR) is 180 cm³/mol. The Kier molecular flexibility index (Phi) is 8.07. The molecular weight excluding hydrogens is 577 g/mol. The number of carbonyl (C=O) groups is 2. The number of thioether (sulfide) groups is 1. The molecule has 1 fully saturated rings. The van der Waals surface area contributed by atoms with Gasteiger partial charge in [0, 0.05) is 23.6 Å². The van der Waals surface area contributed by atoms with Crippen LogP contribution < -0.4 is 0 Å². The van der Waals surface area contributed by atoms with Crippen LogP contribution in [0.4, 0.5) is 4.79 Å². The Morgan fingerprint density at radius 2 is 1.16 bits per heavy atom. The van der Waals surface area contributed by atoms with Crippen LogP contribution in [0.2, 0.25) is 0 Å². The van der Waals surface area contributed by atoms with E-state index in [-0.39, 0.29) is 17.8 Å². The molecule has 0 saturated carbocycles. The number of fused-ring (bicyclic) bond motifs is 1. The van der Waals surface area contributed by atoms with Gasteiger partial charge in [-0.25, -0.2) is 0 Å². The molecule has 45 heavy (non-hydrogen) atoms. The number of para-hydroxylation sites is 1. The second-order valence-corrected chi connectivity index (χ2v) is 12.3. The molecule has 5 nitrogen and oxygen atoms in total. The minimum absolute atomic E-state index is 0.170. The summed E-state index contributed by atoms with van der Waals surface area (Å²) in [5.74, 6) is -0.303. The van der Waals surface area contributed by atoms with Crippen molar-refractivity contribution in [3.8, 4) is 0 Å². The summed E-state index contributed by atoms with van der Waals surface area (Å²) in [6.45, 7) is 0.628. The number of hydrogen-bond acceptors (Lipinski definition) is 4. The van der Waals surface area contributed by atoms with Gasteiger partial charge in [0.05, 0.1) is 17.3 Å². The molecule has 1 saturated heterocycles. The molecule has 1 aliphatic rings. The zero-order chi connectivity index (χ0) is 30.6. The molecule has 0 spiro atoms. The van der Waals surface area contributed by atoms with E-state index in [4.69, 9.17) is 4.84 Å². The molecule has 2 amide bonds. The van der Waals surface area contributed by atoms with Crippen molar-refractivity contribution in [3.05, 3.63) is 180 Å². The standard InChI is InChI=1S/C39H32N2O3S/c42-37-36(27-29-15-5-1-6-16-29)45-38(43)41(37)44-26-25-40-28-34(33-23-13-14-24-35(33)40)39(30-17-7-2-8-18-30,31-19-9-3-10-20-31)32-21-11-4-12-22-32/h1-24,28,36H,25-27H2. The van der Waals surface area contributed by atoms with Crippen molar-refractivity contribution in [2.24, 2.45) is 0 Å². The average Bonchev–Trinajstić information content (AvgIpc) is 3.59. The second kappa shape index (κ2) is 12.6. The van der Waals surface area contributed by atoms with E-state index in [0.717, 1.165) is 55.5 Å². The quantitative estimate of drug-likeness (QED) is 0.147. The number of aromatic nitrogens is 1. The lowest BCUT2D eigenvalue weighted by atomic mass is 9.65. The minimum Gasteiger partial charge on any atom is -0.345 e. The number of benzene rings is 5. The molecule has 222 valence electrons. The highest BCUT2D eigenvalue weighted by Gasteiger charge is 2.42. The molecule has 1 aliphatic heterocycles. The zero-order valence-corrected chi connectivity index (χ0v) is 25.5. The number of rotatable bonds is 10. The molecule has 7 rings (SSSR count). The van der Waals surface area contributed by atoms with Gasteiger partial charge in [-0.15, -0.1) is 5.06 Å². The lowest BCUT2D eigenvalue weighted by Crippen LogP contribution is -2.33. The topological polar surface area (TPSA) is 51.5 Å². The third kappa shape index (κ3) is 5.37. The molecule has 1 aromatic heterocycles. The van der Waals surface area contributed by atoms with Gasteiger partial charge in [0.15, 0.2) is 0 Å². The van der Waals surface area contributed by atoms with Crippen LogP contribution in [0.25, 0.3) is 10.9 Å². The highest BCUT2D eigenvalue weighted by atomic mass is 32.2. The first-order valence-electron chi connectivity index (χ1n) is 15.1. The molecule has 2 heterocycles. The normalized spacial score (nSPS) is 15.2. The van der Waals surface area contributed by atoms with E-state index >= 15 is 0 Å². The summed E-state index contributed by atoms with van der Waals surface area (Å²) in [6, 6.07) is 50.0. The van der Waals surface area contributed by atoms with Crippen LogP contribution in [0.15, 0.2) is 152 Å². The van der Waals surface area contributed by atoms with Crippen LogP contribution in [0.3, 0.4) is 0 Å². The van der Waals surface area contributed by atoms with Gasteiger partial charge in [-0.05, 0) is 52.1 Å². The summed E-state index contributed by atoms with van der Waals surface area (Å²) < 4.78 is 2.17. The fraction of sp³-hybridized carbons (Fsp3) is 0.128. The van der Waals surface area contributed by atoms with Crippen molar-refractivity contribution in [1.82, 2.24) is 9.63 Å². The Labute approximate surface area is 267 Å². The fourth-order valence-electron chi connectivity index (χ4n) is 6.51. The molecule has 5 aromatic carbocycles. The number of amides is 2. The minimum atomic E-state index is -0.600. The van der Waals surface area contributed by atoms with Crippen molar-refractivity contribution in [1.29, 1.82) is 0 Å². The van der Waals surface area contributed by atoms with E-state index < -0.39 is 10.7 Å². The molecular formula is C39H32N2O3S. The third-order valence-electron chi connectivity index (χ3n) is 8.51. The van der Waals surface area contributed by atoms with Crippen molar-refractivity contribution >= 4 is 33.8 Å². The summed E-state index contributed by atoms with van der Waals surface area (Å²) in [6.07, 6.45) is 2.70. The van der Waals surface area contributed by atoms with Crippen molar-refractivity contribution in [2.45, 2.75) is 23.6 Å². The van der Waals surface area contributed by atoms with Crippen LogP contribution in [-0.4, -0.2) is 32.6 Å². The first kappa shape index (κ1) is 28.8. The van der Waals surface area contributed by atoms with E-state index in [2.05, 4.69) is 120 Å². The first-order chi connectivity index (χ1) is 22.2. The maximum atomic E-state index is 13.1. The predicted octanol–water partition coefficient (Wildman–Crippen LogP) is 8.26. The van der Waals surface area contributed by atoms with Crippen LogP contribution in [0, 0.1) is 0 Å². The van der Waals surface area contributed by atoms with Crippen LogP contribution >= 0.6 is 11.8 Å². The number of hydroxylamine groups is 2. The maximum absolute atomic E-state index is 13.1. The second-order valence-electron chi connectivity index (χ2n) is 11.1. The summed E-state index contributed by atoms with van der Waals surface area (Å²) >= 11 is 1.03. The van der Waals surface area contributed by atoms with Crippen LogP contribution in [-0.2, 0) is 28.0 Å². The van der Waals surface area contributed by atoms with Crippen molar-refractivity contribution in [2.75, 3.05) is 6.61 Å². The van der Waals surface area contributed by atoms with Gasteiger partial charge in [0.2, 0.25) is 0 Å². The Bertz CT molecular complexity index is 1830. The highest BCUT2D eigenvalue weighted by molar-refractivity contribution is 8.15. The summed E-state index contributed by atoms with van der Waals surface area (Å²) in [5.41, 5.74) is 6.11. The lowest BCUT2D eigenvalue weighted by Gasteiger charge is -2.36. The van der Waals surface area contributed by atoms with Gasteiger partial charge in [-0.1, -0.05) is 140 Å². The lowest BCUT2D eigenvalue weighted by molar-refractivity contribution is -0.164. The summed E-state index contributed by atoms with van der Waals surface area (Å²) in [7, 11) is 0. The first-order valence-corrected chi connectivity index (χ1v) is 16.0. The van der Waals surface area contributed by atoms with Crippen LogP contribution in [0.1, 0.15) is 27.8 Å². The SMILES string of the molecule is O=C1SC(Cc2ccccc2)C(=O)N1OCCn1cc(C(c2ccccc2)(c2ccccc2)c2ccccc2)c2ccccc21. The summed E-state index contributed by atoms with van der Waals surface area (Å²) in [5, 5.41) is 1.23. The van der Waals surface area contributed by atoms with Gasteiger partial charge in [0.25, 0.3) is 5.91 Å². The molecule has 0 radical (unpaired) electrons. The van der Waals surface area contributed by atoms with E-state index in [1.54, 1.807) is 0 Å². The van der Waals surface area contributed by atoms with Gasteiger partial charge in [-0.2, -0.15) is 0 Å². The number of carbonyl (C=O) groups excluding carboxylic acids is 2. The molecule has 6 aromatic rings. The number of nitrogens with zero attached hydrogens (tertiary/aromatic N) is 2. The molecule has 1 atom stereocenters. The Morgan fingerprint density at radius 1 is 0.644 bits per heavy atom. The molecule has 0 aliphatic carbocycles. The van der Waals surface area contributed by atoms with Gasteiger partial charge < -0.3 is 4.57 Å². The van der Waals surface area contributed by atoms with Gasteiger partial charge in [-0.3, -0.25) is 14.4 Å². The largest absolute Gasteiger partial charge is 0.345 e. The smallest absolute Gasteiger partial charge is 0.313 e. The fourth-order valence-corrected chi connectivity index (χ4v) is 7.46. The third-order valence-corrected chi connectivity index (χ3v) is 9.53. The zero-order valence-electron chi connectivity index (χ0n) is 24.7. The highest BCUT2D eigenvalue weighted by Crippen LogP contribution is 2.48. The maximum Gasteiger partial charge on any atom is 0.313 e. The molecule has 0 bridgehead atoms. The number of imide groups is 1. The van der Waals surface area contributed by atoms with Crippen LogP contribution in [0.5, 0.6) is 0 Å². The van der Waals surface area contributed by atoms with E-state index in [1.165, 1.54) is 0 Å². The Morgan fingerprint density at radius 3 is 1.73 bits per heavy atom. The van der Waals surface area contributed by atoms with Crippen molar-refractivity contribution in [3.63, 3.8) is 0 Å². The number of hydrogen-bond donors (Lipinski definition) is 0. The molecule has 1 unspecified atom stereocenters. The Balaban J connectivity index is 1.25. The van der Waals surface area contributed by atoms with E-state index in [1.807, 2.05) is 36.4 Å². The monoisotopic (exact) mass is 608 g/mol. The van der Waals surface area contributed by atoms with E-state index in [0.29, 0.717) is 13.0 Å². The molecule has 6 heteroatoms. The molecule has 0 N–H and O–H groups in total.